The number of methoxy groups -OCH3 is 2. The summed E-state index contributed by atoms with van der Waals surface area (Å²) in [6.45, 7) is 20.1. The molecule has 0 unspecified atom stereocenters. The second-order valence-corrected chi connectivity index (χ2v) is 19.3. The molecule has 1 aromatic heterocycles. The van der Waals surface area contributed by atoms with Gasteiger partial charge in [-0.25, -0.2) is 4.98 Å². The summed E-state index contributed by atoms with van der Waals surface area (Å²) in [7, 11) is 6.62. The van der Waals surface area contributed by atoms with Crippen LogP contribution in [-0.4, -0.2) is 114 Å². The third-order valence-corrected chi connectivity index (χ3v) is 14.2. The second kappa shape index (κ2) is 24.2. The molecule has 1 saturated heterocycles. The fraction of sp³-hybridized carbons (Fsp3) is 0.708. The molecule has 0 radical (unpaired) electrons. The summed E-state index contributed by atoms with van der Waals surface area (Å²) in [6, 6.07) is 8.24. The number of thiazole rings is 1. The maximum absolute atomic E-state index is 14.6. The first-order chi connectivity index (χ1) is 28.8. The third-order valence-electron chi connectivity index (χ3n) is 13.3. The number of carbonyl (C=O) groups is 5. The molecule has 0 spiro atoms. The van der Waals surface area contributed by atoms with Crippen molar-refractivity contribution in [3.63, 3.8) is 0 Å². The number of aromatic nitrogens is 1. The molecule has 1 aromatic carbocycles. The summed E-state index contributed by atoms with van der Waals surface area (Å²) >= 11 is 1.50. The molecule has 3 rings (SSSR count). The van der Waals surface area contributed by atoms with Gasteiger partial charge >= 0.3 is 0 Å². The van der Waals surface area contributed by atoms with Gasteiger partial charge in [-0.1, -0.05) is 106 Å². The highest BCUT2D eigenvalue weighted by Gasteiger charge is 2.44. The summed E-state index contributed by atoms with van der Waals surface area (Å²) in [6.07, 6.45) is 3.35. The number of amides is 4. The Morgan fingerprint density at radius 2 is 1.51 bits per heavy atom. The molecule has 0 saturated carbocycles. The minimum Gasteiger partial charge on any atom is -0.379 e. The van der Waals surface area contributed by atoms with Gasteiger partial charge in [-0.3, -0.25) is 24.0 Å². The van der Waals surface area contributed by atoms with Gasteiger partial charge in [0.15, 0.2) is 5.78 Å². The van der Waals surface area contributed by atoms with Crippen molar-refractivity contribution in [2.24, 2.45) is 41.4 Å². The van der Waals surface area contributed by atoms with Gasteiger partial charge in [0, 0.05) is 64.7 Å². The van der Waals surface area contributed by atoms with E-state index in [0.29, 0.717) is 19.4 Å². The van der Waals surface area contributed by atoms with Gasteiger partial charge in [0.25, 0.3) is 0 Å². The van der Waals surface area contributed by atoms with E-state index in [2.05, 4.69) is 24.1 Å². The van der Waals surface area contributed by atoms with Gasteiger partial charge in [-0.15, -0.1) is 11.3 Å². The number of carbonyl (C=O) groups excluding carboxylic acids is 5. The SMILES string of the molecule is CC[C@H](C)[C@@H]([C@@H](CC(=O)N1CCC[C@H]1[C@H](OC)[C@@H](C)C(=O)N[C@@H](Cc1ccccc1)c1nccs1)OC)N(C)C(=O)[C@@H](CC(=O)[C@H](C(C)C)N(C)C(=O)[C@@H](C)C(C)C)C(C)C. The molecule has 1 N–H and O–H groups in total. The van der Waals surface area contributed by atoms with E-state index in [1.54, 1.807) is 44.3 Å². The van der Waals surface area contributed by atoms with Gasteiger partial charge in [0.05, 0.1) is 48.7 Å². The van der Waals surface area contributed by atoms with Crippen LogP contribution >= 0.6 is 11.3 Å². The van der Waals surface area contributed by atoms with Crippen molar-refractivity contribution in [1.82, 2.24) is 25.0 Å². The summed E-state index contributed by atoms with van der Waals surface area (Å²) in [5.41, 5.74) is 1.09. The molecule has 1 aliphatic rings. The monoisotopic (exact) mass is 868 g/mol. The topological polar surface area (TPSA) is 138 Å². The number of likely N-dealkylation sites (tertiary alicyclic amines) is 1. The maximum atomic E-state index is 14.6. The normalized spacial score (nSPS) is 18.8. The highest BCUT2D eigenvalue weighted by Crippen LogP contribution is 2.32. The molecule has 61 heavy (non-hydrogen) atoms. The molecule has 2 heterocycles. The van der Waals surface area contributed by atoms with Crippen molar-refractivity contribution < 1.29 is 33.4 Å². The second-order valence-electron chi connectivity index (χ2n) is 18.4. The molecule has 10 atom stereocenters. The lowest BCUT2D eigenvalue weighted by atomic mass is 9.83. The van der Waals surface area contributed by atoms with Crippen LogP contribution in [0.25, 0.3) is 0 Å². The van der Waals surface area contributed by atoms with Crippen molar-refractivity contribution >= 4 is 40.7 Å². The molecular weight excluding hydrogens is 791 g/mol. The van der Waals surface area contributed by atoms with Gasteiger partial charge in [0.2, 0.25) is 23.6 Å². The number of benzene rings is 1. The Hall–Kier alpha value is -3.68. The summed E-state index contributed by atoms with van der Waals surface area (Å²) in [5, 5.41) is 5.96. The van der Waals surface area contributed by atoms with Crippen molar-refractivity contribution in [3.8, 4) is 0 Å². The van der Waals surface area contributed by atoms with E-state index in [4.69, 9.17) is 9.47 Å². The fourth-order valence-electron chi connectivity index (χ4n) is 9.05. The van der Waals surface area contributed by atoms with Crippen LogP contribution in [0, 0.1) is 41.4 Å². The molecule has 2 aromatic rings. The van der Waals surface area contributed by atoms with Crippen LogP contribution < -0.4 is 5.32 Å². The summed E-state index contributed by atoms with van der Waals surface area (Å²) in [5.74, 6) is -2.34. The number of ether oxygens (including phenoxy) is 2. The molecule has 0 aliphatic carbocycles. The zero-order chi connectivity index (χ0) is 45.7. The summed E-state index contributed by atoms with van der Waals surface area (Å²) < 4.78 is 12.2. The van der Waals surface area contributed by atoms with E-state index in [1.807, 2.05) is 96.0 Å². The molecule has 12 nitrogen and oxygen atoms in total. The smallest absolute Gasteiger partial charge is 0.226 e. The number of Topliss-reactive ketones (excluding diaryl/α,β-unsaturated/α-hetero) is 1. The van der Waals surface area contributed by atoms with Gasteiger partial charge in [-0.2, -0.15) is 0 Å². The van der Waals surface area contributed by atoms with Crippen molar-refractivity contribution in [1.29, 1.82) is 0 Å². The largest absolute Gasteiger partial charge is 0.379 e. The van der Waals surface area contributed by atoms with Crippen molar-refractivity contribution in [2.75, 3.05) is 34.9 Å². The lowest BCUT2D eigenvalue weighted by Crippen LogP contribution is -2.54. The van der Waals surface area contributed by atoms with Crippen molar-refractivity contribution in [2.45, 2.75) is 144 Å². The lowest BCUT2D eigenvalue weighted by molar-refractivity contribution is -0.150. The maximum Gasteiger partial charge on any atom is 0.226 e. The van der Waals surface area contributed by atoms with Crippen LogP contribution in [0.2, 0.25) is 0 Å². The first-order valence-corrected chi connectivity index (χ1v) is 23.3. The Kier molecular flexibility index (Phi) is 20.5. The molecule has 13 heteroatoms. The predicted octanol–water partition coefficient (Wildman–Crippen LogP) is 7.47. The molecule has 4 amide bonds. The van der Waals surface area contributed by atoms with E-state index in [0.717, 1.165) is 23.4 Å². The van der Waals surface area contributed by atoms with E-state index in [1.165, 1.54) is 11.3 Å². The Morgan fingerprint density at radius 1 is 0.852 bits per heavy atom. The number of hydrogen-bond acceptors (Lipinski definition) is 9. The van der Waals surface area contributed by atoms with Crippen LogP contribution in [0.3, 0.4) is 0 Å². The number of hydrogen-bond donors (Lipinski definition) is 1. The van der Waals surface area contributed by atoms with E-state index >= 15 is 0 Å². The quantitative estimate of drug-likeness (QED) is 0.115. The fourth-order valence-corrected chi connectivity index (χ4v) is 9.74. The highest BCUT2D eigenvalue weighted by molar-refractivity contribution is 7.09. The van der Waals surface area contributed by atoms with E-state index < -0.39 is 36.1 Å². The number of ketones is 1. The van der Waals surface area contributed by atoms with Crippen LogP contribution in [0.15, 0.2) is 41.9 Å². The number of nitrogens with one attached hydrogen (secondary N) is 1. The number of rotatable bonds is 24. The first-order valence-electron chi connectivity index (χ1n) is 22.5. The van der Waals surface area contributed by atoms with Crippen LogP contribution in [0.5, 0.6) is 0 Å². The molecule has 342 valence electrons. The molecule has 0 bridgehead atoms. The zero-order valence-corrected chi connectivity index (χ0v) is 40.4. The Morgan fingerprint density at radius 3 is 2.03 bits per heavy atom. The molecule has 1 aliphatic heterocycles. The number of nitrogens with zero attached hydrogens (tertiary/aromatic N) is 4. The lowest BCUT2D eigenvalue weighted by Gasteiger charge is -2.41. The van der Waals surface area contributed by atoms with Gasteiger partial charge in [0.1, 0.15) is 5.01 Å². The highest BCUT2D eigenvalue weighted by atomic mass is 32.1. The molecule has 1 fully saturated rings. The molecular formula is C48H77N5O7S. The Labute approximate surface area is 370 Å². The minimum absolute atomic E-state index is 0.00234. The zero-order valence-electron chi connectivity index (χ0n) is 39.6. The average molecular weight is 868 g/mol. The Bertz CT molecular complexity index is 1690. The third kappa shape index (κ3) is 13.4. The van der Waals surface area contributed by atoms with Gasteiger partial charge in [-0.05, 0) is 48.5 Å². The number of likely N-dealkylation sites (N-methyl/N-ethyl adjacent to an activating group) is 2. The van der Waals surface area contributed by atoms with Crippen LogP contribution in [0.1, 0.15) is 118 Å². The average Bonchev–Trinajstić information content (AvgIpc) is 3.95. The predicted molar refractivity (Wildman–Crippen MR) is 243 cm³/mol. The standard InChI is InChI=1S/C48H77N5O7S/c1-15-32(8)43(52(12)48(58)36(30(4)5)27-39(54)42(31(6)7)51(11)47(57)33(9)29(2)3)40(59-13)28-41(55)53-24-19-22-38(53)44(60-14)34(10)45(56)50-37(46-49-23-25-61-46)26-35-20-17-16-18-21-35/h16-18,20-21,23,25,29-34,36-38,40,42-44H,15,19,22,24,26-28H2,1-14H3,(H,50,56)/t32-,33-,34+,36-,37-,38-,40+,42-,43-,44+/m0/s1. The van der Waals surface area contributed by atoms with Crippen LogP contribution in [-0.2, 0) is 39.9 Å². The van der Waals surface area contributed by atoms with Crippen LogP contribution in [0.4, 0.5) is 0 Å². The van der Waals surface area contributed by atoms with E-state index in [9.17, 15) is 24.0 Å². The summed E-state index contributed by atoms with van der Waals surface area (Å²) in [4.78, 5) is 80.1. The van der Waals surface area contributed by atoms with E-state index in [-0.39, 0.29) is 83.9 Å². The first kappa shape index (κ1) is 51.7. The van der Waals surface area contributed by atoms with Gasteiger partial charge < -0.3 is 29.5 Å². The van der Waals surface area contributed by atoms with Crippen molar-refractivity contribution in [3.05, 3.63) is 52.5 Å². The minimum atomic E-state index is -0.658. The Balaban J connectivity index is 1.81.